The van der Waals surface area contributed by atoms with Gasteiger partial charge in [0.1, 0.15) is 5.75 Å². The number of carbonyl (C=O) groups excluding carboxylic acids is 1. The molecule has 1 aromatic carbocycles. The van der Waals surface area contributed by atoms with E-state index in [1.807, 2.05) is 39.0 Å². The first-order valence-corrected chi connectivity index (χ1v) is 5.17. The largest absolute Gasteiger partial charge is 0.412 e. The predicted octanol–water partition coefficient (Wildman–Crippen LogP) is 2.80. The van der Waals surface area contributed by atoms with Gasteiger partial charge in [-0.15, -0.1) is 0 Å². The fraction of sp³-hybridized carbons (Fsp3) is 0.417. The lowest BCUT2D eigenvalue weighted by Gasteiger charge is -2.10. The van der Waals surface area contributed by atoms with Crippen molar-refractivity contribution in [2.45, 2.75) is 27.2 Å². The van der Waals surface area contributed by atoms with Crippen LogP contribution in [0.4, 0.5) is 4.79 Å². The molecule has 0 aliphatic rings. The second-order valence-electron chi connectivity index (χ2n) is 3.54. The molecule has 1 N–H and O–H groups in total. The van der Waals surface area contributed by atoms with E-state index < -0.39 is 0 Å². The minimum atomic E-state index is -0.380. The van der Waals surface area contributed by atoms with Crippen LogP contribution in [0.5, 0.6) is 5.75 Å². The summed E-state index contributed by atoms with van der Waals surface area (Å²) in [5.41, 5.74) is 1.95. The van der Waals surface area contributed by atoms with Crippen LogP contribution in [0.25, 0.3) is 0 Å². The molecule has 15 heavy (non-hydrogen) atoms. The van der Waals surface area contributed by atoms with E-state index in [9.17, 15) is 4.79 Å². The Balaban J connectivity index is 2.68. The van der Waals surface area contributed by atoms with Crippen molar-refractivity contribution in [2.75, 3.05) is 6.54 Å². The lowest BCUT2D eigenvalue weighted by Crippen LogP contribution is -2.27. The quantitative estimate of drug-likeness (QED) is 0.827. The van der Waals surface area contributed by atoms with Crippen LogP contribution in [0.1, 0.15) is 24.5 Å². The number of benzene rings is 1. The monoisotopic (exact) mass is 207 g/mol. The van der Waals surface area contributed by atoms with Crippen molar-refractivity contribution in [1.82, 2.24) is 5.32 Å². The molecule has 1 rings (SSSR count). The number of ether oxygens (including phenoxy) is 1. The first kappa shape index (κ1) is 11.6. The number of hydrogen-bond donors (Lipinski definition) is 1. The highest BCUT2D eigenvalue weighted by atomic mass is 16.6. The highest BCUT2D eigenvalue weighted by molar-refractivity contribution is 5.71. The third-order valence-corrected chi connectivity index (χ3v) is 2.12. The topological polar surface area (TPSA) is 38.3 Å². The summed E-state index contributed by atoms with van der Waals surface area (Å²) in [4.78, 5) is 11.3. The van der Waals surface area contributed by atoms with Gasteiger partial charge in [0.25, 0.3) is 0 Å². The minimum absolute atomic E-state index is 0.380. The number of hydrogen-bond acceptors (Lipinski definition) is 2. The van der Waals surface area contributed by atoms with Crippen LogP contribution in [0.2, 0.25) is 0 Å². The van der Waals surface area contributed by atoms with Crippen molar-refractivity contribution >= 4 is 6.09 Å². The number of para-hydroxylation sites is 1. The molecule has 3 nitrogen and oxygen atoms in total. The van der Waals surface area contributed by atoms with Crippen molar-refractivity contribution in [2.24, 2.45) is 0 Å². The molecule has 0 atom stereocenters. The van der Waals surface area contributed by atoms with E-state index in [0.29, 0.717) is 12.3 Å². The van der Waals surface area contributed by atoms with Crippen LogP contribution >= 0.6 is 0 Å². The van der Waals surface area contributed by atoms with Gasteiger partial charge in [0.2, 0.25) is 0 Å². The first-order valence-electron chi connectivity index (χ1n) is 5.17. The van der Waals surface area contributed by atoms with Gasteiger partial charge in [-0.1, -0.05) is 25.1 Å². The molecule has 0 fully saturated rings. The van der Waals surface area contributed by atoms with Crippen molar-refractivity contribution < 1.29 is 9.53 Å². The smallest absolute Gasteiger partial charge is 0.410 e. The Kier molecular flexibility index (Phi) is 4.16. The summed E-state index contributed by atoms with van der Waals surface area (Å²) < 4.78 is 5.23. The maximum atomic E-state index is 11.3. The summed E-state index contributed by atoms with van der Waals surface area (Å²) in [6.07, 6.45) is 0.524. The lowest BCUT2D eigenvalue weighted by molar-refractivity contribution is 0.200. The first-order chi connectivity index (χ1) is 7.15. The average Bonchev–Trinajstić information content (AvgIpc) is 2.21. The molecule has 0 aliphatic heterocycles. The Morgan fingerprint density at radius 2 is 1.93 bits per heavy atom. The molecule has 0 radical (unpaired) electrons. The summed E-state index contributed by atoms with van der Waals surface area (Å²) in [6, 6.07) is 5.80. The molecule has 0 heterocycles. The Labute approximate surface area is 90.4 Å². The molecule has 0 saturated carbocycles. The second kappa shape index (κ2) is 5.39. The van der Waals surface area contributed by atoms with E-state index >= 15 is 0 Å². The van der Waals surface area contributed by atoms with E-state index in [4.69, 9.17) is 4.74 Å². The normalized spacial score (nSPS) is 9.80. The molecule has 0 unspecified atom stereocenters. The second-order valence-corrected chi connectivity index (χ2v) is 3.54. The molecule has 0 aromatic heterocycles. The zero-order valence-electron chi connectivity index (χ0n) is 9.46. The SMILES string of the molecule is CCCNC(=O)Oc1c(C)cccc1C. The maximum absolute atomic E-state index is 11.3. The van der Waals surface area contributed by atoms with Crippen LogP contribution in [-0.2, 0) is 0 Å². The van der Waals surface area contributed by atoms with Crippen molar-refractivity contribution in [3.05, 3.63) is 29.3 Å². The van der Waals surface area contributed by atoms with Gasteiger partial charge in [0.15, 0.2) is 0 Å². The van der Waals surface area contributed by atoms with Crippen LogP contribution < -0.4 is 10.1 Å². The summed E-state index contributed by atoms with van der Waals surface area (Å²) >= 11 is 0. The standard InChI is InChI=1S/C12H17NO2/c1-4-8-13-12(14)15-11-9(2)6-5-7-10(11)3/h5-7H,4,8H2,1-3H3,(H,13,14). The molecular weight excluding hydrogens is 190 g/mol. The lowest BCUT2D eigenvalue weighted by atomic mass is 10.1. The number of amides is 1. The molecule has 0 saturated heterocycles. The van der Waals surface area contributed by atoms with Crippen LogP contribution in [0, 0.1) is 13.8 Å². The van der Waals surface area contributed by atoms with Gasteiger partial charge in [-0.3, -0.25) is 0 Å². The predicted molar refractivity (Wildman–Crippen MR) is 60.2 cm³/mol. The van der Waals surface area contributed by atoms with E-state index in [1.165, 1.54) is 0 Å². The number of aryl methyl sites for hydroxylation is 2. The Morgan fingerprint density at radius 3 is 2.47 bits per heavy atom. The van der Waals surface area contributed by atoms with E-state index in [-0.39, 0.29) is 6.09 Å². The Morgan fingerprint density at radius 1 is 1.33 bits per heavy atom. The van der Waals surface area contributed by atoms with Crippen LogP contribution in [0.3, 0.4) is 0 Å². The van der Waals surface area contributed by atoms with Crippen LogP contribution in [-0.4, -0.2) is 12.6 Å². The van der Waals surface area contributed by atoms with Gasteiger partial charge in [0.05, 0.1) is 0 Å². The zero-order chi connectivity index (χ0) is 11.3. The molecule has 0 aliphatic carbocycles. The fourth-order valence-electron chi connectivity index (χ4n) is 1.32. The molecule has 1 amide bonds. The number of carbonyl (C=O) groups is 1. The molecular formula is C12H17NO2. The number of nitrogens with one attached hydrogen (secondary N) is 1. The van der Waals surface area contributed by atoms with E-state index in [0.717, 1.165) is 17.5 Å². The molecule has 0 bridgehead atoms. The van der Waals surface area contributed by atoms with Gasteiger partial charge < -0.3 is 10.1 Å². The maximum Gasteiger partial charge on any atom is 0.412 e. The third-order valence-electron chi connectivity index (χ3n) is 2.12. The summed E-state index contributed by atoms with van der Waals surface area (Å²) in [5, 5.41) is 2.67. The van der Waals surface area contributed by atoms with Crippen molar-refractivity contribution in [3.8, 4) is 5.75 Å². The third kappa shape index (κ3) is 3.27. The van der Waals surface area contributed by atoms with Gasteiger partial charge in [-0.25, -0.2) is 4.79 Å². The molecule has 1 aromatic rings. The van der Waals surface area contributed by atoms with Gasteiger partial charge in [0, 0.05) is 6.54 Å². The van der Waals surface area contributed by atoms with Crippen molar-refractivity contribution in [3.63, 3.8) is 0 Å². The summed E-state index contributed by atoms with van der Waals surface area (Å²) in [7, 11) is 0. The van der Waals surface area contributed by atoms with E-state index in [1.54, 1.807) is 0 Å². The fourth-order valence-corrected chi connectivity index (χ4v) is 1.32. The van der Waals surface area contributed by atoms with Gasteiger partial charge >= 0.3 is 6.09 Å². The minimum Gasteiger partial charge on any atom is -0.410 e. The van der Waals surface area contributed by atoms with Crippen LogP contribution in [0.15, 0.2) is 18.2 Å². The average molecular weight is 207 g/mol. The Hall–Kier alpha value is -1.51. The number of rotatable bonds is 3. The summed E-state index contributed by atoms with van der Waals surface area (Å²) in [5.74, 6) is 0.658. The van der Waals surface area contributed by atoms with Gasteiger partial charge in [-0.05, 0) is 31.4 Å². The van der Waals surface area contributed by atoms with Gasteiger partial charge in [-0.2, -0.15) is 0 Å². The summed E-state index contributed by atoms with van der Waals surface area (Å²) in [6.45, 7) is 6.49. The highest BCUT2D eigenvalue weighted by Crippen LogP contribution is 2.22. The molecule has 3 heteroatoms. The Bertz CT molecular complexity index is 327. The van der Waals surface area contributed by atoms with E-state index in [2.05, 4.69) is 5.32 Å². The zero-order valence-corrected chi connectivity index (χ0v) is 9.46. The highest BCUT2D eigenvalue weighted by Gasteiger charge is 2.08. The molecule has 0 spiro atoms. The molecule has 82 valence electrons. The van der Waals surface area contributed by atoms with Crippen molar-refractivity contribution in [1.29, 1.82) is 0 Å².